The monoisotopic (exact) mass is 478 g/mol. The number of benzene rings is 2. The highest BCUT2D eigenvalue weighted by Gasteiger charge is 2.35. The molecule has 0 aliphatic carbocycles. The lowest BCUT2D eigenvalue weighted by atomic mass is 10.1. The number of anilines is 1. The van der Waals surface area contributed by atoms with Gasteiger partial charge < -0.3 is 4.74 Å². The van der Waals surface area contributed by atoms with Crippen molar-refractivity contribution in [2.24, 2.45) is 0 Å². The summed E-state index contributed by atoms with van der Waals surface area (Å²) in [5.74, 6) is -0.505. The summed E-state index contributed by atoms with van der Waals surface area (Å²) in [6, 6.07) is 10.5. The molecule has 0 radical (unpaired) electrons. The normalized spacial score (nSPS) is 15.8. The van der Waals surface area contributed by atoms with Crippen molar-refractivity contribution in [3.8, 4) is 5.75 Å². The second-order valence-corrected chi connectivity index (χ2v) is 7.72. The molecule has 2 aromatic rings. The molecule has 0 saturated carbocycles. The molecule has 3 rings (SSSR count). The molecule has 1 fully saturated rings. The molecule has 1 aliphatic rings. The van der Waals surface area contributed by atoms with Crippen LogP contribution in [-0.2, 0) is 9.59 Å². The SMILES string of the molecule is CCOc1ccc(/C=C2\C(=O)NC(=S)N(c3ccc(Br)cc3C)C2=O)cc1Cl. The zero-order valence-corrected chi connectivity index (χ0v) is 18.2. The van der Waals surface area contributed by atoms with Gasteiger partial charge in [0.25, 0.3) is 11.8 Å². The van der Waals surface area contributed by atoms with E-state index in [2.05, 4.69) is 21.2 Å². The molecule has 2 amide bonds. The Morgan fingerprint density at radius 3 is 2.64 bits per heavy atom. The molecule has 0 bridgehead atoms. The smallest absolute Gasteiger partial charge is 0.270 e. The first-order valence-electron chi connectivity index (χ1n) is 8.41. The van der Waals surface area contributed by atoms with Crippen molar-refractivity contribution in [1.82, 2.24) is 5.32 Å². The minimum Gasteiger partial charge on any atom is -0.492 e. The minimum atomic E-state index is -0.550. The third kappa shape index (κ3) is 4.11. The van der Waals surface area contributed by atoms with Gasteiger partial charge in [0, 0.05) is 4.47 Å². The van der Waals surface area contributed by atoms with Crippen LogP contribution < -0.4 is 15.0 Å². The number of carbonyl (C=O) groups is 2. The summed E-state index contributed by atoms with van der Waals surface area (Å²) in [6.45, 7) is 4.21. The Morgan fingerprint density at radius 2 is 2.00 bits per heavy atom. The first-order chi connectivity index (χ1) is 13.3. The Labute approximate surface area is 181 Å². The molecule has 1 saturated heterocycles. The lowest BCUT2D eigenvalue weighted by Crippen LogP contribution is -2.54. The molecular weight excluding hydrogens is 464 g/mol. The lowest BCUT2D eigenvalue weighted by Gasteiger charge is -2.30. The highest BCUT2D eigenvalue weighted by atomic mass is 79.9. The van der Waals surface area contributed by atoms with Crippen LogP contribution in [0.5, 0.6) is 5.75 Å². The van der Waals surface area contributed by atoms with Gasteiger partial charge in [0.1, 0.15) is 11.3 Å². The van der Waals surface area contributed by atoms with Crippen molar-refractivity contribution in [1.29, 1.82) is 0 Å². The van der Waals surface area contributed by atoms with Gasteiger partial charge in [-0.3, -0.25) is 19.8 Å². The molecule has 0 unspecified atom stereocenters. The molecule has 5 nitrogen and oxygen atoms in total. The van der Waals surface area contributed by atoms with Gasteiger partial charge in [-0.2, -0.15) is 0 Å². The summed E-state index contributed by atoms with van der Waals surface area (Å²) in [5.41, 5.74) is 2.02. The first-order valence-corrected chi connectivity index (χ1v) is 9.99. The van der Waals surface area contributed by atoms with E-state index in [0.717, 1.165) is 10.0 Å². The standard InChI is InChI=1S/C20H16BrClN2O3S/c1-3-27-17-7-4-12(10-15(17)22)9-14-18(25)23-20(28)24(19(14)26)16-6-5-13(21)8-11(16)2/h4-10H,3H2,1-2H3,(H,23,25,28)/b14-9+. The quantitative estimate of drug-likeness (QED) is 0.394. The van der Waals surface area contributed by atoms with Gasteiger partial charge in [-0.15, -0.1) is 0 Å². The fourth-order valence-corrected chi connectivity index (χ4v) is 3.79. The molecule has 0 spiro atoms. The van der Waals surface area contributed by atoms with Crippen LogP contribution in [0.25, 0.3) is 6.08 Å². The topological polar surface area (TPSA) is 58.6 Å². The van der Waals surface area contributed by atoms with Crippen molar-refractivity contribution < 1.29 is 14.3 Å². The van der Waals surface area contributed by atoms with Crippen LogP contribution in [0.2, 0.25) is 5.02 Å². The molecule has 144 valence electrons. The summed E-state index contributed by atoms with van der Waals surface area (Å²) in [6.07, 6.45) is 1.49. The van der Waals surface area contributed by atoms with Crippen LogP contribution >= 0.6 is 39.7 Å². The number of hydrogen-bond donors (Lipinski definition) is 1. The van der Waals surface area contributed by atoms with Crippen molar-refractivity contribution in [2.75, 3.05) is 11.5 Å². The van der Waals surface area contributed by atoms with Gasteiger partial charge in [0.2, 0.25) is 0 Å². The fraction of sp³-hybridized carbons (Fsp3) is 0.150. The third-order valence-corrected chi connectivity index (χ3v) is 5.14. The highest BCUT2D eigenvalue weighted by Crippen LogP contribution is 2.29. The number of ether oxygens (including phenoxy) is 1. The van der Waals surface area contributed by atoms with E-state index in [1.54, 1.807) is 24.3 Å². The molecule has 1 aliphatic heterocycles. The number of nitrogens with zero attached hydrogens (tertiary/aromatic N) is 1. The Hall–Kier alpha value is -2.22. The summed E-state index contributed by atoms with van der Waals surface area (Å²) >= 11 is 14.8. The molecular formula is C20H16BrClN2O3S. The van der Waals surface area contributed by atoms with E-state index in [-0.39, 0.29) is 10.7 Å². The van der Waals surface area contributed by atoms with E-state index < -0.39 is 11.8 Å². The second kappa shape index (κ2) is 8.43. The maximum atomic E-state index is 13.1. The fourth-order valence-electron chi connectivity index (χ4n) is 2.79. The molecule has 1 N–H and O–H groups in total. The first kappa shape index (κ1) is 20.5. The number of nitrogens with one attached hydrogen (secondary N) is 1. The third-order valence-electron chi connectivity index (χ3n) is 4.07. The maximum absolute atomic E-state index is 13.1. The zero-order chi connectivity index (χ0) is 20.4. The van der Waals surface area contributed by atoms with Gasteiger partial charge in [0.05, 0.1) is 17.3 Å². The molecule has 1 heterocycles. The van der Waals surface area contributed by atoms with Crippen LogP contribution in [0, 0.1) is 6.92 Å². The summed E-state index contributed by atoms with van der Waals surface area (Å²) in [5, 5.41) is 3.02. The number of aryl methyl sites for hydroxylation is 1. The average molecular weight is 480 g/mol. The van der Waals surface area contributed by atoms with E-state index >= 15 is 0 Å². The minimum absolute atomic E-state index is 0.0313. The number of amides is 2. The Morgan fingerprint density at radius 1 is 1.25 bits per heavy atom. The van der Waals surface area contributed by atoms with Crippen molar-refractivity contribution in [3.63, 3.8) is 0 Å². The van der Waals surface area contributed by atoms with Gasteiger partial charge >= 0.3 is 0 Å². The van der Waals surface area contributed by atoms with Crippen LogP contribution in [-0.4, -0.2) is 23.5 Å². The van der Waals surface area contributed by atoms with Crippen molar-refractivity contribution in [2.45, 2.75) is 13.8 Å². The van der Waals surface area contributed by atoms with Crippen LogP contribution in [0.15, 0.2) is 46.4 Å². The van der Waals surface area contributed by atoms with Crippen LogP contribution in [0.3, 0.4) is 0 Å². The van der Waals surface area contributed by atoms with E-state index in [0.29, 0.717) is 28.6 Å². The van der Waals surface area contributed by atoms with E-state index in [1.165, 1.54) is 11.0 Å². The zero-order valence-electron chi connectivity index (χ0n) is 15.1. The van der Waals surface area contributed by atoms with E-state index in [4.69, 9.17) is 28.6 Å². The Bertz CT molecular complexity index is 1020. The summed E-state index contributed by atoms with van der Waals surface area (Å²) in [7, 11) is 0. The lowest BCUT2D eigenvalue weighted by molar-refractivity contribution is -0.122. The average Bonchev–Trinajstić information content (AvgIpc) is 2.62. The summed E-state index contributed by atoms with van der Waals surface area (Å²) < 4.78 is 6.29. The van der Waals surface area contributed by atoms with Gasteiger partial charge in [-0.05, 0) is 73.6 Å². The highest BCUT2D eigenvalue weighted by molar-refractivity contribution is 9.10. The predicted molar refractivity (Wildman–Crippen MR) is 118 cm³/mol. The van der Waals surface area contributed by atoms with E-state index in [1.807, 2.05) is 26.0 Å². The second-order valence-electron chi connectivity index (χ2n) is 6.01. The van der Waals surface area contributed by atoms with Gasteiger partial charge in [-0.25, -0.2) is 0 Å². The number of halogens is 2. The molecule has 0 aromatic heterocycles. The maximum Gasteiger partial charge on any atom is 0.270 e. The van der Waals surface area contributed by atoms with E-state index in [9.17, 15) is 9.59 Å². The molecule has 8 heteroatoms. The number of rotatable bonds is 4. The molecule has 28 heavy (non-hydrogen) atoms. The van der Waals surface area contributed by atoms with Crippen molar-refractivity contribution in [3.05, 3.63) is 62.6 Å². The Kier molecular flexibility index (Phi) is 6.17. The number of carbonyl (C=O) groups excluding carboxylic acids is 2. The predicted octanol–water partition coefficient (Wildman–Crippen LogP) is 4.64. The summed E-state index contributed by atoms with van der Waals surface area (Å²) in [4.78, 5) is 26.8. The largest absolute Gasteiger partial charge is 0.492 e. The molecule has 2 aromatic carbocycles. The number of hydrogen-bond acceptors (Lipinski definition) is 4. The number of thiocarbonyl (C=S) groups is 1. The van der Waals surface area contributed by atoms with Crippen LogP contribution in [0.4, 0.5) is 5.69 Å². The molecule has 0 atom stereocenters. The Balaban J connectivity index is 2.00. The van der Waals surface area contributed by atoms with Crippen molar-refractivity contribution >= 4 is 68.4 Å². The van der Waals surface area contributed by atoms with Gasteiger partial charge in [-0.1, -0.05) is 33.6 Å². The van der Waals surface area contributed by atoms with Gasteiger partial charge in [0.15, 0.2) is 5.11 Å². The van der Waals surface area contributed by atoms with Crippen LogP contribution in [0.1, 0.15) is 18.1 Å².